The Balaban J connectivity index is 1.95. The number of nitrogens with zero attached hydrogens (tertiary/aromatic N) is 2. The Morgan fingerprint density at radius 1 is 1.10 bits per heavy atom. The summed E-state index contributed by atoms with van der Waals surface area (Å²) in [6, 6.07) is 11.5. The number of halogens is 1. The van der Waals surface area contributed by atoms with E-state index in [1.807, 2.05) is 26.0 Å². The number of methoxy groups -OCH3 is 1. The van der Waals surface area contributed by atoms with E-state index in [1.165, 1.54) is 48.0 Å². The molecule has 0 radical (unpaired) electrons. The fraction of sp³-hybridized carbons (Fsp3) is 0.286. The number of ether oxygens (including phenoxy) is 1. The second kappa shape index (κ2) is 8.83. The normalized spacial score (nSPS) is 11.5. The lowest BCUT2D eigenvalue weighted by atomic mass is 10.2. The molecule has 6 nitrogen and oxygen atoms in total. The second-order valence-electron chi connectivity index (χ2n) is 6.58. The maximum atomic E-state index is 13.1. The van der Waals surface area contributed by atoms with Crippen LogP contribution in [-0.4, -0.2) is 46.5 Å². The number of thiophene rings is 1. The summed E-state index contributed by atoms with van der Waals surface area (Å²) in [4.78, 5) is 15.1. The predicted octanol–water partition coefficient (Wildman–Crippen LogP) is 4.87. The number of carbonyl (C=O) groups excluding carboxylic acids is 1. The molecule has 0 bridgehead atoms. The number of sulfonamides is 1. The molecule has 0 saturated heterocycles. The molecule has 1 heterocycles. The van der Waals surface area contributed by atoms with Gasteiger partial charge in [-0.05, 0) is 61.7 Å². The summed E-state index contributed by atoms with van der Waals surface area (Å²) < 4.78 is 33.4. The summed E-state index contributed by atoms with van der Waals surface area (Å²) in [5.74, 6) is 0.389. The molecule has 1 aromatic heterocycles. The van der Waals surface area contributed by atoms with E-state index in [1.54, 1.807) is 17.0 Å². The van der Waals surface area contributed by atoms with Gasteiger partial charge in [-0.2, -0.15) is 0 Å². The lowest BCUT2D eigenvalue weighted by Gasteiger charge is -2.20. The standard InChI is InChI=1S/C21H23ClN2O4S2/c1-5-24(6-2)21(25)20-12-14-11-15(7-10-19(14)29-20)23(3)30(26,27)16-8-9-18(28-4)17(22)13-16/h7-13H,5-6H2,1-4H3. The van der Waals surface area contributed by atoms with Crippen LogP contribution in [0.4, 0.5) is 5.69 Å². The van der Waals surface area contributed by atoms with E-state index < -0.39 is 10.0 Å². The van der Waals surface area contributed by atoms with Crippen LogP contribution in [0.25, 0.3) is 10.1 Å². The third kappa shape index (κ3) is 4.12. The highest BCUT2D eigenvalue weighted by molar-refractivity contribution is 7.92. The molecule has 0 aliphatic rings. The van der Waals surface area contributed by atoms with Gasteiger partial charge < -0.3 is 9.64 Å². The molecule has 9 heteroatoms. The highest BCUT2D eigenvalue weighted by Crippen LogP contribution is 2.33. The van der Waals surface area contributed by atoms with Gasteiger partial charge in [-0.3, -0.25) is 9.10 Å². The number of rotatable bonds is 7. The summed E-state index contributed by atoms with van der Waals surface area (Å²) in [7, 11) is -0.859. The van der Waals surface area contributed by atoms with Crippen LogP contribution < -0.4 is 9.04 Å². The largest absolute Gasteiger partial charge is 0.495 e. The minimum atomic E-state index is -3.82. The monoisotopic (exact) mass is 466 g/mol. The van der Waals surface area contributed by atoms with Crippen LogP contribution in [-0.2, 0) is 10.0 Å². The van der Waals surface area contributed by atoms with Crippen molar-refractivity contribution in [3.8, 4) is 5.75 Å². The first-order valence-electron chi connectivity index (χ1n) is 9.38. The van der Waals surface area contributed by atoms with Crippen molar-refractivity contribution in [1.82, 2.24) is 4.90 Å². The number of fused-ring (bicyclic) bond motifs is 1. The predicted molar refractivity (Wildman–Crippen MR) is 123 cm³/mol. The van der Waals surface area contributed by atoms with Crippen LogP contribution in [0.5, 0.6) is 5.75 Å². The lowest BCUT2D eigenvalue weighted by molar-refractivity contribution is 0.0778. The first kappa shape index (κ1) is 22.4. The fourth-order valence-corrected chi connectivity index (χ4v) is 5.65. The molecule has 2 aromatic carbocycles. The number of amides is 1. The van der Waals surface area contributed by atoms with Crippen molar-refractivity contribution in [3.05, 3.63) is 52.4 Å². The van der Waals surface area contributed by atoms with Crippen molar-refractivity contribution >= 4 is 54.6 Å². The van der Waals surface area contributed by atoms with Crippen LogP contribution in [0.15, 0.2) is 47.4 Å². The van der Waals surface area contributed by atoms with Crippen LogP contribution in [0.1, 0.15) is 23.5 Å². The van der Waals surface area contributed by atoms with E-state index in [9.17, 15) is 13.2 Å². The SMILES string of the molecule is CCN(CC)C(=O)c1cc2cc(N(C)S(=O)(=O)c3ccc(OC)c(Cl)c3)ccc2s1. The van der Waals surface area contributed by atoms with Crippen LogP contribution in [0.2, 0.25) is 5.02 Å². The molecule has 0 fully saturated rings. The Kier molecular flexibility index (Phi) is 6.59. The summed E-state index contributed by atoms with van der Waals surface area (Å²) in [6.07, 6.45) is 0. The second-order valence-corrected chi connectivity index (χ2v) is 10.0. The highest BCUT2D eigenvalue weighted by Gasteiger charge is 2.23. The van der Waals surface area contributed by atoms with Gasteiger partial charge in [0, 0.05) is 24.8 Å². The average Bonchev–Trinajstić information content (AvgIpc) is 3.17. The quantitative estimate of drug-likeness (QED) is 0.498. The van der Waals surface area contributed by atoms with Gasteiger partial charge in [-0.1, -0.05) is 11.6 Å². The molecule has 0 atom stereocenters. The number of anilines is 1. The van der Waals surface area contributed by atoms with Crippen molar-refractivity contribution in [2.75, 3.05) is 31.6 Å². The zero-order valence-electron chi connectivity index (χ0n) is 17.2. The van der Waals surface area contributed by atoms with Gasteiger partial charge in [0.1, 0.15) is 5.75 Å². The molecule has 3 aromatic rings. The third-order valence-electron chi connectivity index (χ3n) is 4.91. The van der Waals surface area contributed by atoms with Crippen molar-refractivity contribution in [2.24, 2.45) is 0 Å². The smallest absolute Gasteiger partial charge is 0.264 e. The summed E-state index contributed by atoms with van der Waals surface area (Å²) in [6.45, 7) is 5.16. The number of hydrogen-bond donors (Lipinski definition) is 0. The molecule has 0 unspecified atom stereocenters. The first-order chi connectivity index (χ1) is 14.2. The van der Waals surface area contributed by atoms with Gasteiger partial charge in [-0.25, -0.2) is 8.42 Å². The van der Waals surface area contributed by atoms with E-state index in [0.717, 1.165) is 10.1 Å². The van der Waals surface area contributed by atoms with E-state index in [-0.39, 0.29) is 15.8 Å². The molecule has 0 saturated carbocycles. The minimum Gasteiger partial charge on any atom is -0.495 e. The number of benzene rings is 2. The van der Waals surface area contributed by atoms with Gasteiger partial charge in [-0.15, -0.1) is 11.3 Å². The Hall–Kier alpha value is -2.29. The van der Waals surface area contributed by atoms with Gasteiger partial charge in [0.15, 0.2) is 0 Å². The molecular weight excluding hydrogens is 444 g/mol. The first-order valence-corrected chi connectivity index (χ1v) is 12.0. The molecule has 3 rings (SSSR count). The van der Waals surface area contributed by atoms with E-state index in [0.29, 0.717) is 29.4 Å². The van der Waals surface area contributed by atoms with E-state index in [2.05, 4.69) is 0 Å². The molecule has 0 spiro atoms. The topological polar surface area (TPSA) is 66.9 Å². The molecule has 0 N–H and O–H groups in total. The van der Waals surface area contributed by atoms with E-state index in [4.69, 9.17) is 16.3 Å². The molecular formula is C21H23ClN2O4S2. The van der Waals surface area contributed by atoms with Gasteiger partial charge >= 0.3 is 0 Å². The van der Waals surface area contributed by atoms with Crippen LogP contribution >= 0.6 is 22.9 Å². The number of carbonyl (C=O) groups is 1. The zero-order chi connectivity index (χ0) is 22.1. The fourth-order valence-electron chi connectivity index (χ4n) is 3.10. The summed E-state index contributed by atoms with van der Waals surface area (Å²) >= 11 is 7.51. The highest BCUT2D eigenvalue weighted by atomic mass is 35.5. The van der Waals surface area contributed by atoms with Crippen LogP contribution in [0.3, 0.4) is 0 Å². The van der Waals surface area contributed by atoms with Gasteiger partial charge in [0.25, 0.3) is 15.9 Å². The maximum Gasteiger partial charge on any atom is 0.264 e. The van der Waals surface area contributed by atoms with Crippen molar-refractivity contribution in [3.63, 3.8) is 0 Å². The Labute approximate surface area is 185 Å². The summed E-state index contributed by atoms with van der Waals surface area (Å²) in [5, 5.41) is 1.04. The number of hydrogen-bond acceptors (Lipinski definition) is 5. The lowest BCUT2D eigenvalue weighted by Crippen LogP contribution is -2.29. The zero-order valence-corrected chi connectivity index (χ0v) is 19.6. The van der Waals surface area contributed by atoms with Crippen molar-refractivity contribution in [2.45, 2.75) is 18.7 Å². The summed E-state index contributed by atoms with van der Waals surface area (Å²) in [5.41, 5.74) is 0.495. The molecule has 30 heavy (non-hydrogen) atoms. The Bertz CT molecular complexity index is 1190. The average molecular weight is 467 g/mol. The molecule has 0 aliphatic carbocycles. The minimum absolute atomic E-state index is 0.0170. The molecule has 0 aliphatic heterocycles. The van der Waals surface area contributed by atoms with Gasteiger partial charge in [0.05, 0.1) is 27.6 Å². The van der Waals surface area contributed by atoms with Crippen LogP contribution in [0, 0.1) is 0 Å². The Morgan fingerprint density at radius 2 is 1.80 bits per heavy atom. The van der Waals surface area contributed by atoms with E-state index >= 15 is 0 Å². The molecule has 1 amide bonds. The molecule has 160 valence electrons. The van der Waals surface area contributed by atoms with Crippen molar-refractivity contribution in [1.29, 1.82) is 0 Å². The maximum absolute atomic E-state index is 13.1. The van der Waals surface area contributed by atoms with Gasteiger partial charge in [0.2, 0.25) is 0 Å². The van der Waals surface area contributed by atoms with Crippen molar-refractivity contribution < 1.29 is 17.9 Å². The Morgan fingerprint density at radius 3 is 2.40 bits per heavy atom. The third-order valence-corrected chi connectivity index (χ3v) is 8.09.